The van der Waals surface area contributed by atoms with E-state index in [0.717, 1.165) is 45.3 Å². The minimum absolute atomic E-state index is 0.438. The second-order valence-electron chi connectivity index (χ2n) is 16.1. The summed E-state index contributed by atoms with van der Waals surface area (Å²) < 4.78 is 0. The first-order valence-corrected chi connectivity index (χ1v) is 21.7. The van der Waals surface area contributed by atoms with Gasteiger partial charge >= 0.3 is 0 Å². The van der Waals surface area contributed by atoms with Crippen LogP contribution in [0.1, 0.15) is 22.3 Å². The van der Waals surface area contributed by atoms with E-state index in [1.54, 1.807) is 0 Å². The average Bonchev–Trinajstić information content (AvgIpc) is 3.67. The fraction of sp³-hybridized carbons (Fsp3) is 0.0164. The van der Waals surface area contributed by atoms with Crippen LogP contribution in [0.3, 0.4) is 0 Å². The number of benzene rings is 10. The van der Waals surface area contributed by atoms with Crippen LogP contribution in [-0.4, -0.2) is 0 Å². The van der Waals surface area contributed by atoms with Crippen molar-refractivity contribution in [3.05, 3.63) is 289 Å². The molecule has 298 valence electrons. The topological polar surface area (TPSA) is 6.48 Å². The Morgan fingerprint density at radius 1 is 0.222 bits per heavy atom. The first kappa shape index (κ1) is 37.8. The van der Waals surface area contributed by atoms with Crippen LogP contribution in [0.25, 0.3) is 33.4 Å². The maximum atomic E-state index is 2.40. The minimum atomic E-state index is -0.438. The molecule has 11 rings (SSSR count). The van der Waals surface area contributed by atoms with E-state index < -0.39 is 5.41 Å². The summed E-state index contributed by atoms with van der Waals surface area (Å²) in [6.45, 7) is 0. The second kappa shape index (κ2) is 16.3. The molecule has 0 saturated carbocycles. The van der Waals surface area contributed by atoms with Gasteiger partial charge in [0.2, 0.25) is 0 Å². The molecule has 10 aromatic carbocycles. The minimum Gasteiger partial charge on any atom is -0.311 e. The Balaban J connectivity index is 0.948. The summed E-state index contributed by atoms with van der Waals surface area (Å²) in [5.41, 5.74) is 18.6. The Hall–Kier alpha value is -8.20. The fourth-order valence-electron chi connectivity index (χ4n) is 9.66. The average molecular weight is 805 g/mol. The number of hydrogen-bond acceptors (Lipinski definition) is 2. The van der Waals surface area contributed by atoms with E-state index >= 15 is 0 Å². The van der Waals surface area contributed by atoms with Crippen molar-refractivity contribution in [2.45, 2.75) is 5.41 Å². The summed E-state index contributed by atoms with van der Waals surface area (Å²) in [6.07, 6.45) is 0. The van der Waals surface area contributed by atoms with E-state index in [2.05, 4.69) is 277 Å². The zero-order valence-electron chi connectivity index (χ0n) is 34.8. The lowest BCUT2D eigenvalue weighted by Crippen LogP contribution is -2.28. The van der Waals surface area contributed by atoms with Crippen LogP contribution in [0.4, 0.5) is 34.1 Å². The van der Waals surface area contributed by atoms with Crippen molar-refractivity contribution in [3.8, 4) is 33.4 Å². The molecule has 0 bridgehead atoms. The van der Waals surface area contributed by atoms with Crippen molar-refractivity contribution < 1.29 is 0 Å². The monoisotopic (exact) mass is 804 g/mol. The molecule has 0 aromatic heterocycles. The van der Waals surface area contributed by atoms with E-state index in [0.29, 0.717) is 0 Å². The van der Waals surface area contributed by atoms with Crippen LogP contribution in [0.2, 0.25) is 0 Å². The van der Waals surface area contributed by atoms with Gasteiger partial charge in [-0.2, -0.15) is 0 Å². The molecule has 0 amide bonds. The van der Waals surface area contributed by atoms with Gasteiger partial charge in [0.25, 0.3) is 0 Å². The van der Waals surface area contributed by atoms with Gasteiger partial charge < -0.3 is 9.80 Å². The number of nitrogens with zero attached hydrogens (tertiary/aromatic N) is 2. The van der Waals surface area contributed by atoms with Crippen molar-refractivity contribution in [1.29, 1.82) is 0 Å². The number of rotatable bonds is 10. The van der Waals surface area contributed by atoms with Gasteiger partial charge in [-0.1, -0.05) is 194 Å². The molecule has 1 aliphatic rings. The molecule has 0 fully saturated rings. The first-order valence-electron chi connectivity index (χ1n) is 21.7. The highest BCUT2D eigenvalue weighted by molar-refractivity contribution is 5.90. The predicted molar refractivity (Wildman–Crippen MR) is 264 cm³/mol. The number of fused-ring (bicyclic) bond motifs is 3. The van der Waals surface area contributed by atoms with Gasteiger partial charge in [-0.05, 0) is 128 Å². The van der Waals surface area contributed by atoms with Crippen LogP contribution in [0.5, 0.6) is 0 Å². The summed E-state index contributed by atoms with van der Waals surface area (Å²) in [5.74, 6) is 0. The predicted octanol–water partition coefficient (Wildman–Crippen LogP) is 16.3. The molecule has 0 spiro atoms. The summed E-state index contributed by atoms with van der Waals surface area (Å²) in [7, 11) is 0. The quantitative estimate of drug-likeness (QED) is 0.136. The van der Waals surface area contributed by atoms with Gasteiger partial charge in [-0.15, -0.1) is 0 Å². The Kier molecular flexibility index (Phi) is 9.80. The third-order valence-electron chi connectivity index (χ3n) is 12.5. The Labute approximate surface area is 370 Å². The van der Waals surface area contributed by atoms with Gasteiger partial charge in [0.05, 0.1) is 5.41 Å². The van der Waals surface area contributed by atoms with E-state index in [1.165, 1.54) is 44.5 Å². The molecular formula is C61H44N2. The maximum absolute atomic E-state index is 2.40. The number of hydrogen-bond donors (Lipinski definition) is 0. The Morgan fingerprint density at radius 3 is 1.00 bits per heavy atom. The molecule has 0 atom stereocenters. The largest absolute Gasteiger partial charge is 0.311 e. The van der Waals surface area contributed by atoms with Crippen LogP contribution in [0.15, 0.2) is 267 Å². The molecule has 0 heterocycles. The smallest absolute Gasteiger partial charge is 0.0713 e. The molecule has 63 heavy (non-hydrogen) atoms. The van der Waals surface area contributed by atoms with Crippen LogP contribution in [0, 0.1) is 0 Å². The lowest BCUT2D eigenvalue weighted by molar-refractivity contribution is 0.768. The van der Waals surface area contributed by atoms with Crippen molar-refractivity contribution in [1.82, 2.24) is 0 Å². The van der Waals surface area contributed by atoms with E-state index in [-0.39, 0.29) is 0 Å². The zero-order chi connectivity index (χ0) is 42.0. The molecule has 0 radical (unpaired) electrons. The molecule has 0 N–H and O–H groups in total. The van der Waals surface area contributed by atoms with Gasteiger partial charge in [-0.25, -0.2) is 0 Å². The highest BCUT2D eigenvalue weighted by atomic mass is 15.1. The molecule has 0 aliphatic heterocycles. The molecule has 1 aliphatic carbocycles. The van der Waals surface area contributed by atoms with Crippen LogP contribution >= 0.6 is 0 Å². The number of anilines is 6. The molecule has 10 aromatic rings. The third-order valence-corrected chi connectivity index (χ3v) is 12.5. The van der Waals surface area contributed by atoms with Gasteiger partial charge in [0, 0.05) is 34.1 Å². The van der Waals surface area contributed by atoms with Crippen molar-refractivity contribution in [3.63, 3.8) is 0 Å². The SMILES string of the molecule is c1ccc(-c2ccc(N(c3ccccc3)c3ccc(-c4ccc(N(c5ccccc5)c5ccc6c(c5)-c5ccccc5C6(c5ccccc5)c5ccccc5)cc4)cc3)cc2)cc1. The van der Waals surface area contributed by atoms with E-state index in [1.807, 2.05) is 0 Å². The van der Waals surface area contributed by atoms with E-state index in [4.69, 9.17) is 0 Å². The van der Waals surface area contributed by atoms with Gasteiger partial charge in [0.1, 0.15) is 0 Å². The fourth-order valence-corrected chi connectivity index (χ4v) is 9.66. The molecule has 2 heteroatoms. The Bertz CT molecular complexity index is 3070. The normalized spacial score (nSPS) is 12.3. The van der Waals surface area contributed by atoms with Crippen LogP contribution < -0.4 is 9.80 Å². The summed E-state index contributed by atoms with van der Waals surface area (Å²) >= 11 is 0. The molecule has 2 nitrogen and oxygen atoms in total. The van der Waals surface area contributed by atoms with Crippen LogP contribution in [-0.2, 0) is 5.41 Å². The van der Waals surface area contributed by atoms with Gasteiger partial charge in [0.15, 0.2) is 0 Å². The van der Waals surface area contributed by atoms with Crippen molar-refractivity contribution in [2.24, 2.45) is 0 Å². The first-order chi connectivity index (χ1) is 31.3. The van der Waals surface area contributed by atoms with Crippen molar-refractivity contribution >= 4 is 34.1 Å². The lowest BCUT2D eigenvalue weighted by Gasteiger charge is -2.34. The molecule has 0 saturated heterocycles. The highest BCUT2D eigenvalue weighted by Gasteiger charge is 2.46. The van der Waals surface area contributed by atoms with Gasteiger partial charge in [-0.3, -0.25) is 0 Å². The lowest BCUT2D eigenvalue weighted by atomic mass is 9.68. The van der Waals surface area contributed by atoms with E-state index in [9.17, 15) is 0 Å². The standard InChI is InChI=1S/C61H44N2/c1-6-18-45(19-7-1)46-30-36-53(37-31-46)62(51-24-12-4-13-25-51)54-38-32-47(33-39-54)48-34-40-55(41-35-48)63(52-26-14-5-15-27-52)56-42-43-60-58(44-56)57-28-16-17-29-59(57)61(60,49-20-8-2-9-21-49)50-22-10-3-11-23-50/h1-44H. The molecule has 0 unspecified atom stereocenters. The summed E-state index contributed by atoms with van der Waals surface area (Å²) in [4.78, 5) is 4.69. The summed E-state index contributed by atoms with van der Waals surface area (Å²) in [5, 5.41) is 0. The third kappa shape index (κ3) is 6.79. The Morgan fingerprint density at radius 2 is 0.540 bits per heavy atom. The zero-order valence-corrected chi connectivity index (χ0v) is 34.8. The second-order valence-corrected chi connectivity index (χ2v) is 16.1. The maximum Gasteiger partial charge on any atom is 0.0713 e. The summed E-state index contributed by atoms with van der Waals surface area (Å²) in [6, 6.07) is 96.6. The molecular weight excluding hydrogens is 761 g/mol. The number of para-hydroxylation sites is 2. The highest BCUT2D eigenvalue weighted by Crippen LogP contribution is 2.57. The van der Waals surface area contributed by atoms with Crippen molar-refractivity contribution in [2.75, 3.05) is 9.80 Å².